The van der Waals surface area contributed by atoms with Gasteiger partial charge in [-0.2, -0.15) is 23.5 Å². The quantitative estimate of drug-likeness (QED) is 0.202. The molecule has 0 aromatic carbocycles. The van der Waals surface area contributed by atoms with Gasteiger partial charge in [0.2, 0.25) is 0 Å². The fourth-order valence-corrected chi connectivity index (χ4v) is 3.31. The molecule has 7 nitrogen and oxygen atoms in total. The molecule has 0 aliphatic rings. The number of ketones is 2. The molecule has 10 heteroatoms. The van der Waals surface area contributed by atoms with E-state index in [2.05, 4.69) is 17.2 Å². The summed E-state index contributed by atoms with van der Waals surface area (Å²) in [6, 6.07) is 0. The molecule has 0 N–H and O–H groups in total. The van der Waals surface area contributed by atoms with Gasteiger partial charge in [0.25, 0.3) is 0 Å². The van der Waals surface area contributed by atoms with E-state index in [1.807, 2.05) is 44.3 Å². The molecule has 0 aliphatic heterocycles. The number of ether oxygens (including phenoxy) is 3. The SMILES string of the molecule is CCC(=O)CCC(C)=O.CCOC(CSC)C(CSC)OCC.COC(=O)CC[C-]=O.[Y]. The van der Waals surface area contributed by atoms with Crippen LogP contribution in [0.1, 0.15) is 59.8 Å². The number of thioether (sulfide) groups is 2. The Balaban J connectivity index is -0.000000191. The monoisotopic (exact) mass is 570 g/mol. The van der Waals surface area contributed by atoms with Crippen LogP contribution in [0.3, 0.4) is 0 Å². The van der Waals surface area contributed by atoms with E-state index in [1.165, 1.54) is 14.0 Å². The number of rotatable bonds is 16. The molecule has 0 amide bonds. The molecule has 0 saturated heterocycles. The molecule has 187 valence electrons. The summed E-state index contributed by atoms with van der Waals surface area (Å²) < 4.78 is 15.6. The number of esters is 1. The zero-order valence-corrected chi connectivity index (χ0v) is 25.2. The summed E-state index contributed by atoms with van der Waals surface area (Å²) in [5, 5.41) is 0. The summed E-state index contributed by atoms with van der Waals surface area (Å²) in [5.41, 5.74) is 0. The maximum atomic E-state index is 10.6. The van der Waals surface area contributed by atoms with Crippen LogP contribution in [0.4, 0.5) is 0 Å². The number of Topliss-reactive ketones (excluding diaryl/α,β-unsaturated/α-hetero) is 2. The first-order chi connectivity index (χ1) is 14.8. The minimum absolute atomic E-state index is 0. The van der Waals surface area contributed by atoms with Gasteiger partial charge in [0.15, 0.2) is 0 Å². The largest absolute Gasteiger partial charge is 0.542 e. The summed E-state index contributed by atoms with van der Waals surface area (Å²) in [5.74, 6) is 1.92. The summed E-state index contributed by atoms with van der Waals surface area (Å²) in [7, 11) is 1.28. The van der Waals surface area contributed by atoms with Gasteiger partial charge in [-0.25, -0.2) is 0 Å². The first kappa shape index (κ1) is 39.4. The van der Waals surface area contributed by atoms with Crippen molar-refractivity contribution in [3.63, 3.8) is 0 Å². The minimum atomic E-state index is -0.367. The molecule has 0 fully saturated rings. The molecule has 2 unspecified atom stereocenters. The topological polar surface area (TPSA) is 96.0 Å². The fourth-order valence-electron chi connectivity index (χ4n) is 2.03. The normalized spacial score (nSPS) is 11.3. The molecule has 32 heavy (non-hydrogen) atoms. The van der Waals surface area contributed by atoms with Crippen molar-refractivity contribution in [2.45, 2.75) is 72.0 Å². The summed E-state index contributed by atoms with van der Waals surface area (Å²) >= 11 is 3.63. The molecular weight excluding hydrogens is 529 g/mol. The molecule has 0 bridgehead atoms. The molecule has 0 saturated carbocycles. The van der Waals surface area contributed by atoms with Crippen molar-refractivity contribution in [3.8, 4) is 0 Å². The summed E-state index contributed by atoms with van der Waals surface area (Å²) in [4.78, 5) is 40.5. The third-order valence-corrected chi connectivity index (χ3v) is 4.97. The van der Waals surface area contributed by atoms with Gasteiger partial charge in [-0.05, 0) is 33.3 Å². The number of hydrogen-bond donors (Lipinski definition) is 0. The Bertz CT molecular complexity index is 440. The van der Waals surface area contributed by atoms with E-state index < -0.39 is 0 Å². The van der Waals surface area contributed by atoms with Crippen molar-refractivity contribution in [2.75, 3.05) is 44.3 Å². The molecule has 0 aromatic rings. The van der Waals surface area contributed by atoms with Crippen LogP contribution >= 0.6 is 23.5 Å². The summed E-state index contributed by atoms with van der Waals surface area (Å²) in [6.45, 7) is 8.92. The second-order valence-electron chi connectivity index (χ2n) is 6.21. The van der Waals surface area contributed by atoms with Gasteiger partial charge in [-0.15, -0.1) is 6.42 Å². The first-order valence-electron chi connectivity index (χ1n) is 10.4. The van der Waals surface area contributed by atoms with Crippen LogP contribution in [-0.4, -0.2) is 80.4 Å². The number of carbonyl (C=O) groups is 3. The Morgan fingerprint density at radius 3 is 1.62 bits per heavy atom. The Hall–Kier alpha value is 0.204. The molecule has 0 aliphatic carbocycles. The van der Waals surface area contributed by atoms with Crippen LogP contribution in [0, 0.1) is 0 Å². The Morgan fingerprint density at radius 2 is 1.34 bits per heavy atom. The van der Waals surface area contributed by atoms with Crippen molar-refractivity contribution in [2.24, 2.45) is 0 Å². The molecule has 2 atom stereocenters. The molecule has 0 aromatic heterocycles. The molecule has 1 radical (unpaired) electrons. The third-order valence-electron chi connectivity index (χ3n) is 3.65. The molecule has 0 spiro atoms. The van der Waals surface area contributed by atoms with Gasteiger partial charge in [0.1, 0.15) is 11.6 Å². The van der Waals surface area contributed by atoms with Crippen LogP contribution in [0.2, 0.25) is 0 Å². The van der Waals surface area contributed by atoms with E-state index in [-0.39, 0.29) is 75.3 Å². The van der Waals surface area contributed by atoms with Gasteiger partial charge in [-0.1, -0.05) is 6.92 Å². The van der Waals surface area contributed by atoms with E-state index in [9.17, 15) is 19.2 Å². The average molecular weight is 571 g/mol. The zero-order valence-electron chi connectivity index (χ0n) is 20.8. The van der Waals surface area contributed by atoms with E-state index in [1.54, 1.807) is 6.29 Å². The van der Waals surface area contributed by atoms with E-state index in [4.69, 9.17) is 9.47 Å². The predicted octanol–water partition coefficient (Wildman–Crippen LogP) is 3.90. The fraction of sp³-hybridized carbons (Fsp3) is 0.818. The first-order valence-corrected chi connectivity index (χ1v) is 13.2. The minimum Gasteiger partial charge on any atom is -0.542 e. The van der Waals surface area contributed by atoms with Crippen molar-refractivity contribution >= 4 is 47.3 Å². The van der Waals surface area contributed by atoms with Crippen LogP contribution < -0.4 is 0 Å². The van der Waals surface area contributed by atoms with Crippen molar-refractivity contribution in [3.05, 3.63) is 0 Å². The van der Waals surface area contributed by atoms with E-state index >= 15 is 0 Å². The Labute approximate surface area is 228 Å². The van der Waals surface area contributed by atoms with E-state index in [0.717, 1.165) is 24.7 Å². The van der Waals surface area contributed by atoms with Crippen molar-refractivity contribution in [1.82, 2.24) is 0 Å². The van der Waals surface area contributed by atoms with Gasteiger partial charge < -0.3 is 23.8 Å². The molecular formula is C22H41O7S2Y-. The number of methoxy groups -OCH3 is 1. The van der Waals surface area contributed by atoms with Gasteiger partial charge in [0, 0.05) is 83.1 Å². The second-order valence-corrected chi connectivity index (χ2v) is 8.03. The van der Waals surface area contributed by atoms with Crippen LogP contribution in [0.5, 0.6) is 0 Å². The van der Waals surface area contributed by atoms with Crippen molar-refractivity contribution < 1.29 is 66.1 Å². The van der Waals surface area contributed by atoms with Gasteiger partial charge in [0.05, 0.1) is 19.3 Å². The average Bonchev–Trinajstić information content (AvgIpc) is 2.76. The number of carbonyl (C=O) groups excluding carboxylic acids is 4. The number of hydrogen-bond acceptors (Lipinski definition) is 9. The second kappa shape index (κ2) is 31.2. The van der Waals surface area contributed by atoms with Crippen LogP contribution in [-0.2, 0) is 66.1 Å². The standard InChI is InChI=1S/C10H22O2S2.C7H12O2.C5H7O3.Y/c1-5-11-9(7-13-3)10(8-14-4)12-6-2;1-3-7(9)5-4-6(2)8;1-8-5(7)3-2-4-6;/h9-10H,5-8H2,1-4H3;3-5H2,1-2H3;2-3H2,1H3;/q;;-1;. The van der Waals surface area contributed by atoms with Gasteiger partial charge in [-0.3, -0.25) is 15.9 Å². The third kappa shape index (κ3) is 30.2. The maximum Gasteiger partial charge on any atom is 0.303 e. The van der Waals surface area contributed by atoms with Crippen LogP contribution in [0.25, 0.3) is 0 Å². The Kier molecular flexibility index (Phi) is 38.4. The summed E-state index contributed by atoms with van der Waals surface area (Å²) in [6.07, 6.45) is 7.92. The Morgan fingerprint density at radius 1 is 0.875 bits per heavy atom. The molecule has 0 heterocycles. The smallest absolute Gasteiger partial charge is 0.303 e. The van der Waals surface area contributed by atoms with E-state index in [0.29, 0.717) is 19.3 Å². The predicted molar refractivity (Wildman–Crippen MR) is 130 cm³/mol. The van der Waals surface area contributed by atoms with Gasteiger partial charge >= 0.3 is 5.97 Å². The zero-order chi connectivity index (χ0) is 24.5. The maximum absolute atomic E-state index is 10.6. The van der Waals surface area contributed by atoms with Crippen LogP contribution in [0.15, 0.2) is 0 Å². The molecule has 0 rings (SSSR count). The van der Waals surface area contributed by atoms with Crippen molar-refractivity contribution in [1.29, 1.82) is 0 Å².